The third-order valence-corrected chi connectivity index (χ3v) is 2.69. The summed E-state index contributed by atoms with van der Waals surface area (Å²) in [6.07, 6.45) is 4.11. The van der Waals surface area contributed by atoms with Gasteiger partial charge in [-0.05, 0) is 37.1 Å². The summed E-state index contributed by atoms with van der Waals surface area (Å²) in [5.41, 5.74) is 1.08. The lowest BCUT2D eigenvalue weighted by Gasteiger charge is -2.25. The van der Waals surface area contributed by atoms with Crippen LogP contribution in [0.15, 0.2) is 24.5 Å². The van der Waals surface area contributed by atoms with Crippen molar-refractivity contribution in [2.45, 2.75) is 32.9 Å². The highest BCUT2D eigenvalue weighted by molar-refractivity contribution is 5.73. The lowest BCUT2D eigenvalue weighted by molar-refractivity contribution is -0.143. The zero-order valence-electron chi connectivity index (χ0n) is 10.6. The lowest BCUT2D eigenvalue weighted by Crippen LogP contribution is -2.39. The highest BCUT2D eigenvalue weighted by Gasteiger charge is 2.23. The minimum Gasteiger partial charge on any atom is -0.480 e. The van der Waals surface area contributed by atoms with Gasteiger partial charge in [0.2, 0.25) is 0 Å². The van der Waals surface area contributed by atoms with E-state index in [4.69, 9.17) is 0 Å². The van der Waals surface area contributed by atoms with Gasteiger partial charge in [0.1, 0.15) is 6.04 Å². The van der Waals surface area contributed by atoms with Crippen molar-refractivity contribution in [1.82, 2.24) is 9.88 Å². The van der Waals surface area contributed by atoms with Crippen molar-refractivity contribution in [3.63, 3.8) is 0 Å². The van der Waals surface area contributed by atoms with Crippen molar-refractivity contribution in [1.29, 1.82) is 0 Å². The van der Waals surface area contributed by atoms with Gasteiger partial charge in [0.15, 0.2) is 0 Å². The lowest BCUT2D eigenvalue weighted by atomic mass is 10.0. The number of aliphatic carboxylic acids is 1. The predicted octanol–water partition coefficient (Wildman–Crippen LogP) is 2.01. The van der Waals surface area contributed by atoms with E-state index in [9.17, 15) is 9.90 Å². The van der Waals surface area contributed by atoms with Crippen LogP contribution in [0.25, 0.3) is 0 Å². The molecular formula is C13H20N2O2. The molecule has 4 nitrogen and oxygen atoms in total. The Hall–Kier alpha value is -1.42. The first-order valence-corrected chi connectivity index (χ1v) is 5.82. The van der Waals surface area contributed by atoms with Crippen molar-refractivity contribution in [3.8, 4) is 0 Å². The maximum atomic E-state index is 11.2. The first-order chi connectivity index (χ1) is 8.00. The molecule has 0 aliphatic heterocycles. The Morgan fingerprint density at radius 2 is 2.00 bits per heavy atom. The highest BCUT2D eigenvalue weighted by Crippen LogP contribution is 2.13. The molecule has 0 aliphatic rings. The van der Waals surface area contributed by atoms with Gasteiger partial charge in [-0.3, -0.25) is 14.7 Å². The first kappa shape index (κ1) is 13.6. The van der Waals surface area contributed by atoms with Crippen LogP contribution in [-0.4, -0.2) is 34.0 Å². The van der Waals surface area contributed by atoms with E-state index in [0.29, 0.717) is 18.9 Å². The summed E-state index contributed by atoms with van der Waals surface area (Å²) in [5, 5.41) is 9.22. The van der Waals surface area contributed by atoms with E-state index in [1.807, 2.05) is 37.9 Å². The number of pyridine rings is 1. The Morgan fingerprint density at radius 1 is 1.41 bits per heavy atom. The Balaban J connectivity index is 2.65. The van der Waals surface area contributed by atoms with E-state index < -0.39 is 12.0 Å². The molecule has 17 heavy (non-hydrogen) atoms. The summed E-state index contributed by atoms with van der Waals surface area (Å²) in [7, 11) is 1.85. The maximum absolute atomic E-state index is 11.2. The second kappa shape index (κ2) is 6.35. The molecule has 0 saturated heterocycles. The molecule has 0 aromatic carbocycles. The Labute approximate surface area is 102 Å². The normalized spacial score (nSPS) is 13.0. The molecule has 0 saturated carbocycles. The van der Waals surface area contributed by atoms with E-state index in [1.54, 1.807) is 12.4 Å². The average Bonchev–Trinajstić information content (AvgIpc) is 2.26. The molecule has 94 valence electrons. The number of nitrogens with zero attached hydrogens (tertiary/aromatic N) is 2. The molecule has 0 spiro atoms. The number of rotatable bonds is 6. The van der Waals surface area contributed by atoms with Crippen LogP contribution in [0.1, 0.15) is 25.8 Å². The molecular weight excluding hydrogens is 216 g/mol. The second-order valence-corrected chi connectivity index (χ2v) is 4.75. The molecule has 1 aromatic rings. The number of carbonyl (C=O) groups is 1. The molecule has 4 heteroatoms. The van der Waals surface area contributed by atoms with Gasteiger partial charge in [0, 0.05) is 18.9 Å². The van der Waals surface area contributed by atoms with Gasteiger partial charge in [-0.1, -0.05) is 13.8 Å². The standard InChI is InChI=1S/C13H20N2O2/c1-10(2)8-12(13(16)17)15(3)9-11-4-6-14-7-5-11/h4-7,10,12H,8-9H2,1-3H3,(H,16,17)/t12-/m0/s1. The van der Waals surface area contributed by atoms with Crippen LogP contribution in [0.2, 0.25) is 0 Å². The summed E-state index contributed by atoms with van der Waals surface area (Å²) in [5.74, 6) is -0.383. The average molecular weight is 236 g/mol. The largest absolute Gasteiger partial charge is 0.480 e. The van der Waals surface area contributed by atoms with Crippen LogP contribution >= 0.6 is 0 Å². The number of hydrogen-bond donors (Lipinski definition) is 1. The van der Waals surface area contributed by atoms with E-state index in [2.05, 4.69) is 4.98 Å². The molecule has 1 aromatic heterocycles. The number of carboxylic acids is 1. The van der Waals surface area contributed by atoms with E-state index >= 15 is 0 Å². The smallest absolute Gasteiger partial charge is 0.320 e. The van der Waals surface area contributed by atoms with Gasteiger partial charge in [0.05, 0.1) is 0 Å². The fourth-order valence-corrected chi connectivity index (χ4v) is 1.80. The fourth-order valence-electron chi connectivity index (χ4n) is 1.80. The van der Waals surface area contributed by atoms with Crippen molar-refractivity contribution >= 4 is 5.97 Å². The summed E-state index contributed by atoms with van der Waals surface area (Å²) in [4.78, 5) is 17.0. The van der Waals surface area contributed by atoms with Crippen molar-refractivity contribution in [2.75, 3.05) is 7.05 Å². The van der Waals surface area contributed by atoms with Gasteiger partial charge in [-0.15, -0.1) is 0 Å². The number of aromatic nitrogens is 1. The first-order valence-electron chi connectivity index (χ1n) is 5.82. The van der Waals surface area contributed by atoms with Crippen molar-refractivity contribution in [2.24, 2.45) is 5.92 Å². The zero-order valence-corrected chi connectivity index (χ0v) is 10.6. The zero-order chi connectivity index (χ0) is 12.8. The van der Waals surface area contributed by atoms with Gasteiger partial charge in [0.25, 0.3) is 0 Å². The molecule has 0 aliphatic carbocycles. The molecule has 1 atom stereocenters. The quantitative estimate of drug-likeness (QED) is 0.821. The van der Waals surface area contributed by atoms with Crippen molar-refractivity contribution in [3.05, 3.63) is 30.1 Å². The topological polar surface area (TPSA) is 53.4 Å². The van der Waals surface area contributed by atoms with Gasteiger partial charge < -0.3 is 5.11 Å². The van der Waals surface area contributed by atoms with Gasteiger partial charge in [-0.2, -0.15) is 0 Å². The van der Waals surface area contributed by atoms with Crippen LogP contribution in [0, 0.1) is 5.92 Å². The number of hydrogen-bond acceptors (Lipinski definition) is 3. The summed E-state index contributed by atoms with van der Waals surface area (Å²) < 4.78 is 0. The Bertz CT molecular complexity index is 352. The monoisotopic (exact) mass is 236 g/mol. The summed E-state index contributed by atoms with van der Waals surface area (Å²) in [6.45, 7) is 4.71. The van der Waals surface area contributed by atoms with Crippen molar-refractivity contribution < 1.29 is 9.90 Å². The third-order valence-electron chi connectivity index (χ3n) is 2.69. The van der Waals surface area contributed by atoms with E-state index in [-0.39, 0.29) is 0 Å². The van der Waals surface area contributed by atoms with Crippen LogP contribution in [0.4, 0.5) is 0 Å². The molecule has 1 N–H and O–H groups in total. The van der Waals surface area contributed by atoms with Crippen LogP contribution in [0.5, 0.6) is 0 Å². The van der Waals surface area contributed by atoms with E-state index in [1.165, 1.54) is 0 Å². The van der Waals surface area contributed by atoms with E-state index in [0.717, 1.165) is 5.56 Å². The Kier molecular flexibility index (Phi) is 5.10. The molecule has 0 amide bonds. The number of likely N-dealkylation sites (N-methyl/N-ethyl adjacent to an activating group) is 1. The molecule has 0 bridgehead atoms. The third kappa shape index (κ3) is 4.53. The fraction of sp³-hybridized carbons (Fsp3) is 0.538. The SMILES string of the molecule is CC(C)C[C@@H](C(=O)O)N(C)Cc1ccncc1. The summed E-state index contributed by atoms with van der Waals surface area (Å²) >= 11 is 0. The van der Waals surface area contributed by atoms with Gasteiger partial charge >= 0.3 is 5.97 Å². The van der Waals surface area contributed by atoms with Gasteiger partial charge in [-0.25, -0.2) is 0 Å². The highest BCUT2D eigenvalue weighted by atomic mass is 16.4. The minimum absolute atomic E-state index is 0.371. The predicted molar refractivity (Wildman–Crippen MR) is 66.6 cm³/mol. The maximum Gasteiger partial charge on any atom is 0.320 e. The molecule has 1 heterocycles. The molecule has 0 unspecified atom stereocenters. The molecule has 0 radical (unpaired) electrons. The van der Waals surface area contributed by atoms with Crippen LogP contribution in [0.3, 0.4) is 0 Å². The van der Waals surface area contributed by atoms with Crippen LogP contribution < -0.4 is 0 Å². The summed E-state index contributed by atoms with van der Waals surface area (Å²) in [6, 6.07) is 3.39. The number of carboxylic acid groups (broad SMARTS) is 1. The molecule has 0 fully saturated rings. The second-order valence-electron chi connectivity index (χ2n) is 4.75. The minimum atomic E-state index is -0.754. The van der Waals surface area contributed by atoms with Crippen LogP contribution in [-0.2, 0) is 11.3 Å². The molecule has 1 rings (SSSR count). The Morgan fingerprint density at radius 3 is 2.47 bits per heavy atom.